The lowest BCUT2D eigenvalue weighted by Crippen LogP contribution is -2.38. The molecule has 146 valence electrons. The minimum atomic E-state index is 0.0862. The summed E-state index contributed by atoms with van der Waals surface area (Å²) in [6.45, 7) is 5.38. The van der Waals surface area contributed by atoms with Crippen molar-refractivity contribution in [2.24, 2.45) is 0 Å². The van der Waals surface area contributed by atoms with E-state index in [4.69, 9.17) is 4.74 Å². The van der Waals surface area contributed by atoms with Crippen LogP contribution in [0.1, 0.15) is 15.9 Å². The van der Waals surface area contributed by atoms with E-state index in [1.54, 1.807) is 0 Å². The molecule has 29 heavy (non-hydrogen) atoms. The van der Waals surface area contributed by atoms with E-state index < -0.39 is 0 Å². The molecule has 0 atom stereocenters. The summed E-state index contributed by atoms with van der Waals surface area (Å²) in [6.07, 6.45) is 2.04. The Bertz CT molecular complexity index is 1170. The highest BCUT2D eigenvalue weighted by Crippen LogP contribution is 2.27. The highest BCUT2D eigenvalue weighted by Gasteiger charge is 2.19. The molecule has 3 aromatic carbocycles. The summed E-state index contributed by atoms with van der Waals surface area (Å²) in [5.41, 5.74) is 2.66. The first-order chi connectivity index (χ1) is 14.3. The maximum absolute atomic E-state index is 13.6. The largest absolute Gasteiger partial charge is 0.379 e. The van der Waals surface area contributed by atoms with E-state index in [0.29, 0.717) is 0 Å². The molecule has 0 N–H and O–H groups in total. The van der Waals surface area contributed by atoms with Crippen LogP contribution >= 0.6 is 0 Å². The van der Waals surface area contributed by atoms with E-state index in [-0.39, 0.29) is 5.78 Å². The van der Waals surface area contributed by atoms with Crippen LogP contribution in [0.4, 0.5) is 0 Å². The summed E-state index contributed by atoms with van der Waals surface area (Å²) in [6, 6.07) is 22.2. The van der Waals surface area contributed by atoms with Crippen LogP contribution in [0.2, 0.25) is 0 Å². The van der Waals surface area contributed by atoms with Crippen molar-refractivity contribution in [1.82, 2.24) is 9.47 Å². The Morgan fingerprint density at radius 1 is 0.793 bits per heavy atom. The molecule has 4 nitrogen and oxygen atoms in total. The highest BCUT2D eigenvalue weighted by molar-refractivity contribution is 6.21. The molecule has 4 aromatic rings. The van der Waals surface area contributed by atoms with Crippen molar-refractivity contribution in [2.75, 3.05) is 32.8 Å². The summed E-state index contributed by atoms with van der Waals surface area (Å²) in [5.74, 6) is 0.0862. The molecule has 1 saturated heterocycles. The maximum Gasteiger partial charge on any atom is 0.195 e. The van der Waals surface area contributed by atoms with Gasteiger partial charge in [-0.05, 0) is 16.8 Å². The Balaban J connectivity index is 1.52. The number of rotatable bonds is 5. The fourth-order valence-corrected chi connectivity index (χ4v) is 4.26. The third-order valence-corrected chi connectivity index (χ3v) is 5.83. The van der Waals surface area contributed by atoms with Crippen molar-refractivity contribution in [2.45, 2.75) is 6.54 Å². The van der Waals surface area contributed by atoms with E-state index in [2.05, 4.69) is 33.7 Å². The van der Waals surface area contributed by atoms with E-state index in [0.717, 1.165) is 72.2 Å². The van der Waals surface area contributed by atoms with Crippen LogP contribution < -0.4 is 0 Å². The molecule has 1 fully saturated rings. The second-order valence-corrected chi connectivity index (χ2v) is 7.56. The van der Waals surface area contributed by atoms with Gasteiger partial charge in [-0.1, -0.05) is 60.7 Å². The zero-order valence-corrected chi connectivity index (χ0v) is 16.4. The smallest absolute Gasteiger partial charge is 0.195 e. The second-order valence-electron chi connectivity index (χ2n) is 7.56. The zero-order chi connectivity index (χ0) is 19.6. The number of hydrogen-bond donors (Lipinski definition) is 0. The molecule has 0 radical (unpaired) electrons. The van der Waals surface area contributed by atoms with Crippen molar-refractivity contribution in [3.63, 3.8) is 0 Å². The molecule has 0 saturated carbocycles. The molecular formula is C25H24N2O2. The summed E-state index contributed by atoms with van der Waals surface area (Å²) >= 11 is 0. The lowest BCUT2D eigenvalue weighted by Gasteiger charge is -2.26. The molecule has 2 heterocycles. The molecule has 0 unspecified atom stereocenters. The SMILES string of the molecule is O=C(c1cccc2ccccc12)c1cn(CCN2CCOCC2)c2ccccc12. The van der Waals surface area contributed by atoms with E-state index >= 15 is 0 Å². The highest BCUT2D eigenvalue weighted by atomic mass is 16.5. The van der Waals surface area contributed by atoms with Crippen molar-refractivity contribution < 1.29 is 9.53 Å². The number of benzene rings is 3. The van der Waals surface area contributed by atoms with Gasteiger partial charge >= 0.3 is 0 Å². The van der Waals surface area contributed by atoms with Gasteiger partial charge in [0.2, 0.25) is 0 Å². The topological polar surface area (TPSA) is 34.5 Å². The monoisotopic (exact) mass is 384 g/mol. The predicted octanol–water partition coefficient (Wildman–Crippen LogP) is 4.36. The van der Waals surface area contributed by atoms with Crippen LogP contribution in [0.5, 0.6) is 0 Å². The molecule has 0 bridgehead atoms. The molecule has 1 aliphatic heterocycles. The quantitative estimate of drug-likeness (QED) is 0.480. The fraction of sp³-hybridized carbons (Fsp3) is 0.240. The van der Waals surface area contributed by atoms with E-state index in [1.807, 2.05) is 48.7 Å². The fourth-order valence-electron chi connectivity index (χ4n) is 4.26. The van der Waals surface area contributed by atoms with Gasteiger partial charge in [0.25, 0.3) is 0 Å². The number of morpholine rings is 1. The van der Waals surface area contributed by atoms with E-state index in [1.165, 1.54) is 0 Å². The third kappa shape index (κ3) is 3.46. The normalized spacial score (nSPS) is 15.2. The molecule has 5 rings (SSSR count). The number of ketones is 1. The Kier molecular flexibility index (Phi) is 4.88. The molecule has 0 aliphatic carbocycles. The van der Waals surface area contributed by atoms with Crippen molar-refractivity contribution in [1.29, 1.82) is 0 Å². The number of fused-ring (bicyclic) bond motifs is 2. The molecule has 1 aliphatic rings. The summed E-state index contributed by atoms with van der Waals surface area (Å²) < 4.78 is 7.67. The molecule has 4 heteroatoms. The number of aromatic nitrogens is 1. The Morgan fingerprint density at radius 2 is 1.52 bits per heavy atom. The Labute approximate surface area is 170 Å². The van der Waals surface area contributed by atoms with Crippen molar-refractivity contribution >= 4 is 27.5 Å². The van der Waals surface area contributed by atoms with Crippen LogP contribution in [0.25, 0.3) is 21.7 Å². The minimum Gasteiger partial charge on any atom is -0.379 e. The van der Waals surface area contributed by atoms with Gasteiger partial charge in [-0.25, -0.2) is 0 Å². The van der Waals surface area contributed by atoms with Crippen LogP contribution in [0.15, 0.2) is 72.9 Å². The van der Waals surface area contributed by atoms with Gasteiger partial charge in [0.05, 0.1) is 13.2 Å². The Hall–Kier alpha value is -2.95. The first-order valence-electron chi connectivity index (χ1n) is 10.2. The second kappa shape index (κ2) is 7.82. The zero-order valence-electron chi connectivity index (χ0n) is 16.4. The lowest BCUT2D eigenvalue weighted by molar-refractivity contribution is 0.0365. The maximum atomic E-state index is 13.6. The summed E-state index contributed by atoms with van der Waals surface area (Å²) in [5, 5.41) is 3.12. The summed E-state index contributed by atoms with van der Waals surface area (Å²) in [4.78, 5) is 16.0. The number of para-hydroxylation sites is 1. The number of ether oxygens (including phenoxy) is 1. The van der Waals surface area contributed by atoms with Crippen molar-refractivity contribution in [3.05, 3.63) is 84.1 Å². The van der Waals surface area contributed by atoms with Gasteiger partial charge in [-0.3, -0.25) is 9.69 Å². The van der Waals surface area contributed by atoms with Crippen LogP contribution in [-0.2, 0) is 11.3 Å². The third-order valence-electron chi connectivity index (χ3n) is 5.83. The van der Waals surface area contributed by atoms with Gasteiger partial charge in [0, 0.05) is 54.4 Å². The average molecular weight is 384 g/mol. The number of carbonyl (C=O) groups is 1. The minimum absolute atomic E-state index is 0.0862. The molecule has 1 aromatic heterocycles. The van der Waals surface area contributed by atoms with Crippen molar-refractivity contribution in [3.8, 4) is 0 Å². The molecule has 0 amide bonds. The number of nitrogens with zero attached hydrogens (tertiary/aromatic N) is 2. The number of hydrogen-bond acceptors (Lipinski definition) is 3. The van der Waals surface area contributed by atoms with E-state index in [9.17, 15) is 4.79 Å². The summed E-state index contributed by atoms with van der Waals surface area (Å²) in [7, 11) is 0. The van der Waals surface area contributed by atoms with Gasteiger partial charge in [-0.2, -0.15) is 0 Å². The standard InChI is InChI=1S/C25H24N2O2/c28-25(22-10-5-7-19-6-1-2-8-20(19)22)23-18-27(24-11-4-3-9-21(23)24)13-12-26-14-16-29-17-15-26/h1-11,18H,12-17H2. The molecular weight excluding hydrogens is 360 g/mol. The average Bonchev–Trinajstić information content (AvgIpc) is 3.16. The molecule has 0 spiro atoms. The lowest BCUT2D eigenvalue weighted by atomic mass is 9.97. The van der Waals surface area contributed by atoms with Crippen LogP contribution in [0, 0.1) is 0 Å². The van der Waals surface area contributed by atoms with Gasteiger partial charge < -0.3 is 9.30 Å². The first-order valence-corrected chi connectivity index (χ1v) is 10.2. The van der Waals surface area contributed by atoms with Gasteiger partial charge in [0.15, 0.2) is 5.78 Å². The van der Waals surface area contributed by atoms with Crippen LogP contribution in [0.3, 0.4) is 0 Å². The van der Waals surface area contributed by atoms with Crippen LogP contribution in [-0.4, -0.2) is 48.1 Å². The first kappa shape index (κ1) is 18.1. The predicted molar refractivity (Wildman–Crippen MR) is 117 cm³/mol. The van der Waals surface area contributed by atoms with Gasteiger partial charge in [0.1, 0.15) is 0 Å². The number of carbonyl (C=O) groups excluding carboxylic acids is 1. The van der Waals surface area contributed by atoms with Gasteiger partial charge in [-0.15, -0.1) is 0 Å². The Morgan fingerprint density at radius 3 is 2.38 bits per heavy atom.